The zero-order chi connectivity index (χ0) is 13.8. The Balaban J connectivity index is 1.97. The molecule has 0 saturated heterocycles. The van der Waals surface area contributed by atoms with Crippen LogP contribution in [0.15, 0.2) is 12.4 Å². The van der Waals surface area contributed by atoms with Crippen LogP contribution in [0, 0.1) is 17.8 Å². The molecule has 1 aliphatic carbocycles. The van der Waals surface area contributed by atoms with Crippen molar-refractivity contribution >= 4 is 0 Å². The molecule has 0 spiro atoms. The summed E-state index contributed by atoms with van der Waals surface area (Å²) in [5, 5.41) is 10.6. The van der Waals surface area contributed by atoms with Crippen molar-refractivity contribution in [3.8, 4) is 0 Å². The Morgan fingerprint density at radius 2 is 1.89 bits per heavy atom. The lowest BCUT2D eigenvalue weighted by atomic mass is 9.75. The molecule has 1 unspecified atom stereocenters. The molecule has 0 bridgehead atoms. The molecule has 0 radical (unpaired) electrons. The second-order valence-corrected chi connectivity index (χ2v) is 6.34. The third-order valence-corrected chi connectivity index (χ3v) is 4.68. The number of aryl methyl sites for hydroxylation is 1. The number of nitrogens with zero attached hydrogens (tertiary/aromatic N) is 2. The zero-order valence-electron chi connectivity index (χ0n) is 12.5. The molecule has 1 atom stereocenters. The molecule has 1 aromatic heterocycles. The number of aromatic nitrogens is 2. The van der Waals surface area contributed by atoms with Crippen LogP contribution in [0.1, 0.15) is 64.8 Å². The van der Waals surface area contributed by atoms with Crippen molar-refractivity contribution in [3.05, 3.63) is 18.2 Å². The van der Waals surface area contributed by atoms with E-state index < -0.39 is 0 Å². The lowest BCUT2D eigenvalue weighted by molar-refractivity contribution is 0.0575. The van der Waals surface area contributed by atoms with E-state index in [0.717, 1.165) is 43.5 Å². The first kappa shape index (κ1) is 14.6. The predicted octanol–water partition coefficient (Wildman–Crippen LogP) is 3.79. The summed E-state index contributed by atoms with van der Waals surface area (Å²) < 4.78 is 2.11. The molecule has 108 valence electrons. The highest BCUT2D eigenvalue weighted by Gasteiger charge is 2.30. The van der Waals surface area contributed by atoms with E-state index in [1.807, 2.05) is 12.4 Å². The lowest BCUT2D eigenvalue weighted by Crippen LogP contribution is -2.24. The molecule has 1 heterocycles. The van der Waals surface area contributed by atoms with Gasteiger partial charge in [-0.2, -0.15) is 0 Å². The summed E-state index contributed by atoms with van der Waals surface area (Å²) in [5.41, 5.74) is 0. The summed E-state index contributed by atoms with van der Waals surface area (Å²) >= 11 is 0. The molecule has 3 heteroatoms. The Hall–Kier alpha value is -0.830. The van der Waals surface area contributed by atoms with Gasteiger partial charge >= 0.3 is 0 Å². The van der Waals surface area contributed by atoms with Crippen molar-refractivity contribution in [1.29, 1.82) is 0 Å². The van der Waals surface area contributed by atoms with Crippen LogP contribution in [0.5, 0.6) is 0 Å². The molecule has 0 aromatic carbocycles. The zero-order valence-corrected chi connectivity index (χ0v) is 12.5. The van der Waals surface area contributed by atoms with Crippen LogP contribution >= 0.6 is 0 Å². The highest BCUT2D eigenvalue weighted by atomic mass is 16.3. The van der Waals surface area contributed by atoms with Gasteiger partial charge in [0.25, 0.3) is 0 Å². The summed E-state index contributed by atoms with van der Waals surface area (Å²) in [6.45, 7) is 7.74. The van der Waals surface area contributed by atoms with Gasteiger partial charge in [-0.3, -0.25) is 0 Å². The molecule has 1 fully saturated rings. The van der Waals surface area contributed by atoms with Crippen LogP contribution in [0.3, 0.4) is 0 Å². The Morgan fingerprint density at radius 1 is 1.26 bits per heavy atom. The average Bonchev–Trinajstić information content (AvgIpc) is 2.87. The van der Waals surface area contributed by atoms with Crippen LogP contribution in [0.2, 0.25) is 0 Å². The van der Waals surface area contributed by atoms with Gasteiger partial charge < -0.3 is 9.67 Å². The smallest absolute Gasteiger partial charge is 0.137 e. The van der Waals surface area contributed by atoms with Crippen LogP contribution in [-0.2, 0) is 6.54 Å². The minimum atomic E-state index is -0.380. The number of rotatable bonds is 5. The molecular weight excluding hydrogens is 236 g/mol. The molecular formula is C16H28N2O. The maximum atomic E-state index is 10.6. The summed E-state index contributed by atoms with van der Waals surface area (Å²) in [5.74, 6) is 2.89. The van der Waals surface area contributed by atoms with E-state index in [1.54, 1.807) is 0 Å². The number of aliphatic hydroxyl groups is 1. The van der Waals surface area contributed by atoms with Gasteiger partial charge in [-0.15, -0.1) is 0 Å². The molecule has 2 rings (SSSR count). The maximum Gasteiger partial charge on any atom is 0.137 e. The molecule has 0 amide bonds. The molecule has 1 N–H and O–H groups in total. The Kier molecular flexibility index (Phi) is 5.03. The normalized spacial score (nSPS) is 25.7. The van der Waals surface area contributed by atoms with E-state index in [-0.39, 0.29) is 6.10 Å². The lowest BCUT2D eigenvalue weighted by Gasteiger charge is -2.33. The Bertz CT molecular complexity index is 378. The molecule has 3 nitrogen and oxygen atoms in total. The van der Waals surface area contributed by atoms with Gasteiger partial charge in [-0.1, -0.05) is 20.8 Å². The quantitative estimate of drug-likeness (QED) is 0.878. The van der Waals surface area contributed by atoms with Crippen molar-refractivity contribution in [1.82, 2.24) is 9.55 Å². The predicted molar refractivity (Wildman–Crippen MR) is 77.8 cm³/mol. The first-order valence-electron chi connectivity index (χ1n) is 7.82. The highest BCUT2D eigenvalue weighted by Crippen LogP contribution is 2.38. The van der Waals surface area contributed by atoms with Gasteiger partial charge in [0.1, 0.15) is 11.9 Å². The second kappa shape index (κ2) is 6.56. The molecule has 1 aliphatic rings. The third kappa shape index (κ3) is 3.38. The molecule has 19 heavy (non-hydrogen) atoms. The van der Waals surface area contributed by atoms with Crippen LogP contribution in [-0.4, -0.2) is 14.7 Å². The molecule has 0 aliphatic heterocycles. The largest absolute Gasteiger partial charge is 0.385 e. The first-order valence-corrected chi connectivity index (χ1v) is 7.82. The SMILES string of the molecule is CCCn1ccnc1C(O)C1CCC(C(C)C)CC1. The van der Waals surface area contributed by atoms with Gasteiger partial charge in [0.15, 0.2) is 0 Å². The second-order valence-electron chi connectivity index (χ2n) is 6.34. The van der Waals surface area contributed by atoms with Gasteiger partial charge in [-0.05, 0) is 49.9 Å². The fraction of sp³-hybridized carbons (Fsp3) is 0.812. The van der Waals surface area contributed by atoms with Crippen molar-refractivity contribution in [2.45, 2.75) is 65.5 Å². The molecule has 1 aromatic rings. The van der Waals surface area contributed by atoms with E-state index in [0.29, 0.717) is 5.92 Å². The summed E-state index contributed by atoms with van der Waals surface area (Å²) in [6.07, 6.45) is 9.30. The van der Waals surface area contributed by atoms with Gasteiger partial charge in [0.05, 0.1) is 0 Å². The third-order valence-electron chi connectivity index (χ3n) is 4.68. The fourth-order valence-electron chi connectivity index (χ4n) is 3.36. The van der Waals surface area contributed by atoms with E-state index in [2.05, 4.69) is 30.3 Å². The summed E-state index contributed by atoms with van der Waals surface area (Å²) in [7, 11) is 0. The Morgan fingerprint density at radius 3 is 2.47 bits per heavy atom. The van der Waals surface area contributed by atoms with Gasteiger partial charge in [0, 0.05) is 18.9 Å². The average molecular weight is 264 g/mol. The fourth-order valence-corrected chi connectivity index (χ4v) is 3.36. The topological polar surface area (TPSA) is 38.0 Å². The van der Waals surface area contributed by atoms with Gasteiger partial charge in [0.2, 0.25) is 0 Å². The number of hydrogen-bond acceptors (Lipinski definition) is 2. The Labute approximate surface area is 117 Å². The van der Waals surface area contributed by atoms with Crippen molar-refractivity contribution in [2.24, 2.45) is 17.8 Å². The number of hydrogen-bond donors (Lipinski definition) is 1. The van der Waals surface area contributed by atoms with Gasteiger partial charge in [-0.25, -0.2) is 4.98 Å². The van der Waals surface area contributed by atoms with Crippen molar-refractivity contribution in [3.63, 3.8) is 0 Å². The standard InChI is InChI=1S/C16H28N2O/c1-4-10-18-11-9-17-16(18)15(19)14-7-5-13(6-8-14)12(2)3/h9,11-15,19H,4-8,10H2,1-3H3. The van der Waals surface area contributed by atoms with Crippen LogP contribution in [0.25, 0.3) is 0 Å². The van der Waals surface area contributed by atoms with Crippen LogP contribution in [0.4, 0.5) is 0 Å². The minimum absolute atomic E-state index is 0.380. The first-order chi connectivity index (χ1) is 9.13. The van der Waals surface area contributed by atoms with Crippen molar-refractivity contribution < 1.29 is 5.11 Å². The maximum absolute atomic E-state index is 10.6. The number of imidazole rings is 1. The van der Waals surface area contributed by atoms with E-state index in [1.165, 1.54) is 12.8 Å². The van der Waals surface area contributed by atoms with Crippen LogP contribution < -0.4 is 0 Å². The van der Waals surface area contributed by atoms with Crippen molar-refractivity contribution in [2.75, 3.05) is 0 Å². The van der Waals surface area contributed by atoms with E-state index in [9.17, 15) is 5.11 Å². The molecule has 1 saturated carbocycles. The highest BCUT2D eigenvalue weighted by molar-refractivity contribution is 4.99. The minimum Gasteiger partial charge on any atom is -0.385 e. The summed E-state index contributed by atoms with van der Waals surface area (Å²) in [6, 6.07) is 0. The van der Waals surface area contributed by atoms with E-state index in [4.69, 9.17) is 0 Å². The monoisotopic (exact) mass is 264 g/mol. The number of aliphatic hydroxyl groups excluding tert-OH is 1. The van der Waals surface area contributed by atoms with E-state index >= 15 is 0 Å². The summed E-state index contributed by atoms with van der Waals surface area (Å²) in [4.78, 5) is 4.38.